The van der Waals surface area contributed by atoms with E-state index in [1.54, 1.807) is 35.5 Å². The number of halogens is 2. The Morgan fingerprint density at radius 1 is 0.882 bits per heavy atom. The van der Waals surface area contributed by atoms with Crippen molar-refractivity contribution in [2.24, 2.45) is 16.9 Å². The van der Waals surface area contributed by atoms with Gasteiger partial charge in [-0.3, -0.25) is 19.4 Å². The van der Waals surface area contributed by atoms with Gasteiger partial charge < -0.3 is 0 Å². The zero-order valence-electron chi connectivity index (χ0n) is 17.6. The fraction of sp³-hybridized carbons (Fsp3) is 0.154. The third kappa shape index (κ3) is 2.93. The van der Waals surface area contributed by atoms with Gasteiger partial charge in [-0.15, -0.1) is 0 Å². The van der Waals surface area contributed by atoms with Gasteiger partial charge in [0, 0.05) is 10.6 Å². The zero-order valence-corrected chi connectivity index (χ0v) is 18.4. The topological polar surface area (TPSA) is 70.0 Å². The minimum Gasteiger partial charge on any atom is -0.292 e. The molecule has 3 aliphatic heterocycles. The highest BCUT2D eigenvalue weighted by molar-refractivity contribution is 6.30. The molecule has 0 radical (unpaired) electrons. The smallest absolute Gasteiger partial charge is 0.240 e. The number of fused-ring (bicyclic) bond motifs is 5. The standard InChI is InChI=1S/C26H17ClFN3O3/c27-16-7-5-14(6-8-16)24(32)23-21-20(22-19-4-2-1-3-15(19)13-29-31(22)23)25(33)30(26(21)34)18-11-9-17(28)10-12-18/h1-13,20-23H/t20-,21+,22-,23-/m0/s1. The highest BCUT2D eigenvalue weighted by atomic mass is 35.5. The summed E-state index contributed by atoms with van der Waals surface area (Å²) >= 11 is 6.00. The minimum absolute atomic E-state index is 0.280. The summed E-state index contributed by atoms with van der Waals surface area (Å²) in [7, 11) is 0. The Bertz CT molecular complexity index is 1370. The summed E-state index contributed by atoms with van der Waals surface area (Å²) in [5, 5.41) is 6.62. The predicted molar refractivity (Wildman–Crippen MR) is 124 cm³/mol. The van der Waals surface area contributed by atoms with E-state index < -0.39 is 41.6 Å². The SMILES string of the molecule is O=C(c1ccc(Cl)cc1)[C@@H]1[C@@H]2C(=O)N(c3ccc(F)cc3)C(=O)[C@@H]2[C@@H]2c3ccccc3C=NN12. The van der Waals surface area contributed by atoms with E-state index in [0.717, 1.165) is 16.0 Å². The van der Waals surface area contributed by atoms with Crippen LogP contribution in [-0.4, -0.2) is 34.9 Å². The van der Waals surface area contributed by atoms with Crippen molar-refractivity contribution >= 4 is 41.1 Å². The first-order valence-electron chi connectivity index (χ1n) is 10.8. The van der Waals surface area contributed by atoms with Crippen LogP contribution in [0.25, 0.3) is 0 Å². The number of rotatable bonds is 3. The summed E-state index contributed by atoms with van der Waals surface area (Å²) in [5.41, 5.74) is 2.33. The maximum absolute atomic E-state index is 13.7. The quantitative estimate of drug-likeness (QED) is 0.421. The predicted octanol–water partition coefficient (Wildman–Crippen LogP) is 4.24. The van der Waals surface area contributed by atoms with Crippen molar-refractivity contribution in [2.45, 2.75) is 12.1 Å². The normalized spacial score (nSPS) is 24.8. The summed E-state index contributed by atoms with van der Waals surface area (Å²) in [6, 6.07) is 17.6. The third-order valence-corrected chi connectivity index (χ3v) is 7.03. The lowest BCUT2D eigenvalue weighted by molar-refractivity contribution is -0.124. The molecular formula is C26H17ClFN3O3. The average Bonchev–Trinajstić information content (AvgIpc) is 3.32. The molecule has 3 aliphatic rings. The average molecular weight is 474 g/mol. The maximum atomic E-state index is 13.7. The number of anilines is 1. The number of Topliss-reactive ketones (excluding diaryl/α,β-unsaturated/α-hetero) is 1. The molecule has 2 fully saturated rings. The molecule has 8 heteroatoms. The van der Waals surface area contributed by atoms with Gasteiger partial charge in [0.15, 0.2) is 5.78 Å². The second-order valence-electron chi connectivity index (χ2n) is 8.55. The second kappa shape index (κ2) is 7.60. The molecule has 0 bridgehead atoms. The molecule has 168 valence electrons. The van der Waals surface area contributed by atoms with Gasteiger partial charge in [-0.1, -0.05) is 35.9 Å². The van der Waals surface area contributed by atoms with Crippen LogP contribution in [-0.2, 0) is 9.59 Å². The molecule has 0 aromatic heterocycles. The van der Waals surface area contributed by atoms with Gasteiger partial charge in [-0.05, 0) is 59.7 Å². The first kappa shape index (κ1) is 20.7. The Labute approximate surface area is 199 Å². The van der Waals surface area contributed by atoms with Crippen LogP contribution in [0.15, 0.2) is 77.9 Å². The lowest BCUT2D eigenvalue weighted by Crippen LogP contribution is -2.44. The van der Waals surface area contributed by atoms with E-state index >= 15 is 0 Å². The molecule has 0 aliphatic carbocycles. The Morgan fingerprint density at radius 2 is 1.56 bits per heavy atom. The monoisotopic (exact) mass is 473 g/mol. The van der Waals surface area contributed by atoms with E-state index in [0.29, 0.717) is 10.6 Å². The number of imide groups is 1. The van der Waals surface area contributed by atoms with E-state index in [4.69, 9.17) is 11.6 Å². The van der Waals surface area contributed by atoms with Crippen LogP contribution in [0.5, 0.6) is 0 Å². The molecule has 0 N–H and O–H groups in total. The number of hydrogen-bond donors (Lipinski definition) is 0. The first-order valence-corrected chi connectivity index (χ1v) is 11.2. The number of ketones is 1. The van der Waals surface area contributed by atoms with E-state index in [2.05, 4.69) is 5.10 Å². The highest BCUT2D eigenvalue weighted by Crippen LogP contribution is 2.53. The van der Waals surface area contributed by atoms with Gasteiger partial charge in [-0.2, -0.15) is 5.10 Å². The van der Waals surface area contributed by atoms with Crippen molar-refractivity contribution in [3.8, 4) is 0 Å². The van der Waals surface area contributed by atoms with Crippen LogP contribution in [0.1, 0.15) is 27.5 Å². The number of nitrogens with zero attached hydrogens (tertiary/aromatic N) is 3. The molecule has 0 spiro atoms. The Balaban J connectivity index is 1.49. The number of amides is 2. The second-order valence-corrected chi connectivity index (χ2v) is 8.99. The van der Waals surface area contributed by atoms with Crippen LogP contribution in [0.2, 0.25) is 5.02 Å². The van der Waals surface area contributed by atoms with Crippen molar-refractivity contribution in [1.29, 1.82) is 0 Å². The van der Waals surface area contributed by atoms with Gasteiger partial charge in [-0.25, -0.2) is 9.29 Å². The van der Waals surface area contributed by atoms with Gasteiger partial charge in [0.1, 0.15) is 11.9 Å². The van der Waals surface area contributed by atoms with Gasteiger partial charge in [0.05, 0.1) is 29.8 Å². The molecule has 3 aromatic rings. The van der Waals surface area contributed by atoms with Crippen LogP contribution < -0.4 is 4.90 Å². The molecule has 0 saturated carbocycles. The van der Waals surface area contributed by atoms with Crippen LogP contribution in [0, 0.1) is 17.7 Å². The highest BCUT2D eigenvalue weighted by Gasteiger charge is 2.65. The number of carbonyl (C=O) groups is 3. The molecule has 0 unspecified atom stereocenters. The number of hydrazone groups is 1. The first-order chi connectivity index (χ1) is 16.5. The summed E-state index contributed by atoms with van der Waals surface area (Å²) in [6.07, 6.45) is 1.65. The number of carbonyl (C=O) groups excluding carboxylic acids is 3. The van der Waals surface area contributed by atoms with Crippen LogP contribution in [0.3, 0.4) is 0 Å². The van der Waals surface area contributed by atoms with Gasteiger partial charge >= 0.3 is 0 Å². The van der Waals surface area contributed by atoms with Gasteiger partial charge in [0.25, 0.3) is 0 Å². The largest absolute Gasteiger partial charge is 0.292 e. The molecule has 6 nitrogen and oxygen atoms in total. The summed E-state index contributed by atoms with van der Waals surface area (Å²) in [4.78, 5) is 42.2. The summed E-state index contributed by atoms with van der Waals surface area (Å²) in [5.74, 6) is -3.44. The van der Waals surface area contributed by atoms with Crippen molar-refractivity contribution < 1.29 is 18.8 Å². The lowest BCUT2D eigenvalue weighted by Gasteiger charge is -2.33. The van der Waals surface area contributed by atoms with Crippen molar-refractivity contribution in [2.75, 3.05) is 4.90 Å². The van der Waals surface area contributed by atoms with E-state index in [9.17, 15) is 18.8 Å². The van der Waals surface area contributed by atoms with E-state index in [1.165, 1.54) is 24.3 Å². The van der Waals surface area contributed by atoms with E-state index in [-0.39, 0.29) is 11.5 Å². The molecule has 2 saturated heterocycles. The molecule has 3 aromatic carbocycles. The molecule has 2 amide bonds. The molecule has 4 atom stereocenters. The van der Waals surface area contributed by atoms with Crippen LogP contribution in [0.4, 0.5) is 10.1 Å². The Morgan fingerprint density at radius 3 is 2.29 bits per heavy atom. The molecular weight excluding hydrogens is 457 g/mol. The summed E-state index contributed by atoms with van der Waals surface area (Å²) < 4.78 is 13.5. The Hall–Kier alpha value is -3.84. The maximum Gasteiger partial charge on any atom is 0.240 e. The molecule has 34 heavy (non-hydrogen) atoms. The Kier molecular flexibility index (Phi) is 4.64. The van der Waals surface area contributed by atoms with Crippen molar-refractivity contribution in [1.82, 2.24) is 5.01 Å². The van der Waals surface area contributed by atoms with Crippen molar-refractivity contribution in [3.63, 3.8) is 0 Å². The number of hydrogen-bond acceptors (Lipinski definition) is 5. The molecule has 3 heterocycles. The zero-order chi connectivity index (χ0) is 23.6. The van der Waals surface area contributed by atoms with Gasteiger partial charge in [0.2, 0.25) is 11.8 Å². The fourth-order valence-corrected chi connectivity index (χ4v) is 5.42. The minimum atomic E-state index is -0.970. The van der Waals surface area contributed by atoms with E-state index in [1.807, 2.05) is 24.3 Å². The van der Waals surface area contributed by atoms with Crippen molar-refractivity contribution in [3.05, 3.63) is 100 Å². The van der Waals surface area contributed by atoms with Crippen LogP contribution >= 0.6 is 11.6 Å². The fourth-order valence-electron chi connectivity index (χ4n) is 5.30. The third-order valence-electron chi connectivity index (χ3n) is 6.78. The molecule has 6 rings (SSSR count). The summed E-state index contributed by atoms with van der Waals surface area (Å²) in [6.45, 7) is 0. The number of benzene rings is 3. The lowest BCUT2D eigenvalue weighted by atomic mass is 9.83.